The fourth-order valence-electron chi connectivity index (χ4n) is 6.36. The summed E-state index contributed by atoms with van der Waals surface area (Å²) in [5.74, 6) is 1.16. The SMILES string of the molecule is COc1cc2c3c4c(cc(OC)c5c(=O)c6c(c(c7c(CC(C)O)c(O)c(=O)c1c37)c54)CC(C)O6)OCO2. The highest BCUT2D eigenvalue weighted by Gasteiger charge is 2.35. The minimum Gasteiger partial charge on any atom is -0.504 e. The normalized spacial score (nSPS) is 17.0. The first-order chi connectivity index (χ1) is 18.3. The Balaban J connectivity index is 1.94. The van der Waals surface area contributed by atoms with E-state index < -0.39 is 17.3 Å². The smallest absolute Gasteiger partial charge is 0.232 e. The Hall–Kier alpha value is -4.24. The Morgan fingerprint density at radius 3 is 2.05 bits per heavy atom. The summed E-state index contributed by atoms with van der Waals surface area (Å²) < 4.78 is 29.3. The Morgan fingerprint density at radius 2 is 1.47 bits per heavy atom. The maximum atomic E-state index is 13.9. The molecule has 0 saturated carbocycles. The van der Waals surface area contributed by atoms with Crippen molar-refractivity contribution in [2.24, 2.45) is 0 Å². The van der Waals surface area contributed by atoms with Gasteiger partial charge in [0.1, 0.15) is 29.1 Å². The van der Waals surface area contributed by atoms with E-state index in [1.807, 2.05) is 6.92 Å². The molecule has 0 radical (unpaired) electrons. The molecule has 5 aromatic rings. The third kappa shape index (κ3) is 2.69. The molecule has 0 saturated heterocycles. The number of aromatic hydroxyl groups is 1. The van der Waals surface area contributed by atoms with Crippen LogP contribution in [0.2, 0.25) is 0 Å². The number of benzene rings is 5. The number of fused-ring (bicyclic) bond motifs is 3. The molecule has 9 heteroatoms. The van der Waals surface area contributed by atoms with Crippen LogP contribution in [0.1, 0.15) is 25.0 Å². The van der Waals surface area contributed by atoms with E-state index in [9.17, 15) is 19.8 Å². The van der Waals surface area contributed by atoms with Crippen LogP contribution in [0.3, 0.4) is 0 Å². The molecule has 38 heavy (non-hydrogen) atoms. The Kier molecular flexibility index (Phi) is 4.61. The molecule has 7 rings (SSSR count). The quantitative estimate of drug-likeness (QED) is 0.273. The molecule has 0 spiro atoms. The van der Waals surface area contributed by atoms with Gasteiger partial charge < -0.3 is 33.9 Å². The highest BCUT2D eigenvalue weighted by Crippen LogP contribution is 2.55. The average Bonchev–Trinajstić information content (AvgIpc) is 3.19. The van der Waals surface area contributed by atoms with Crippen LogP contribution in [-0.4, -0.2) is 43.4 Å². The van der Waals surface area contributed by atoms with Gasteiger partial charge in [-0.15, -0.1) is 0 Å². The third-order valence-corrected chi connectivity index (χ3v) is 7.73. The minimum absolute atomic E-state index is 0.00759. The van der Waals surface area contributed by atoms with Crippen LogP contribution in [0.4, 0.5) is 0 Å². The van der Waals surface area contributed by atoms with Crippen molar-refractivity contribution in [3.8, 4) is 34.5 Å². The van der Waals surface area contributed by atoms with E-state index in [4.69, 9.17) is 23.7 Å². The fraction of sp³-hybridized carbons (Fsp3) is 0.310. The van der Waals surface area contributed by atoms with E-state index in [1.54, 1.807) is 19.1 Å². The molecule has 9 nitrogen and oxygen atoms in total. The van der Waals surface area contributed by atoms with Gasteiger partial charge in [-0.3, -0.25) is 9.59 Å². The maximum absolute atomic E-state index is 13.9. The van der Waals surface area contributed by atoms with Gasteiger partial charge in [0.05, 0.1) is 31.1 Å². The largest absolute Gasteiger partial charge is 0.504 e. The summed E-state index contributed by atoms with van der Waals surface area (Å²) in [6.45, 7) is 3.35. The van der Waals surface area contributed by atoms with Gasteiger partial charge in [0, 0.05) is 57.6 Å². The first-order valence-corrected chi connectivity index (χ1v) is 12.4. The van der Waals surface area contributed by atoms with E-state index in [-0.39, 0.29) is 47.2 Å². The van der Waals surface area contributed by atoms with Crippen LogP contribution < -0.4 is 34.5 Å². The zero-order chi connectivity index (χ0) is 26.6. The second kappa shape index (κ2) is 7.64. The van der Waals surface area contributed by atoms with Crippen LogP contribution in [0.5, 0.6) is 34.5 Å². The van der Waals surface area contributed by atoms with Crippen LogP contribution >= 0.6 is 0 Å². The lowest BCUT2D eigenvalue weighted by atomic mass is 9.82. The molecule has 2 aliphatic heterocycles. The molecule has 0 fully saturated rings. The van der Waals surface area contributed by atoms with Crippen LogP contribution in [0.25, 0.3) is 43.1 Å². The van der Waals surface area contributed by atoms with Crippen molar-refractivity contribution >= 4 is 43.1 Å². The summed E-state index contributed by atoms with van der Waals surface area (Å²) in [6, 6.07) is 3.26. The molecule has 2 heterocycles. The number of ether oxygens (including phenoxy) is 5. The summed E-state index contributed by atoms with van der Waals surface area (Å²) in [5, 5.41) is 25.7. The van der Waals surface area contributed by atoms with Gasteiger partial charge in [-0.1, -0.05) is 0 Å². The van der Waals surface area contributed by atoms with Gasteiger partial charge in [-0.25, -0.2) is 0 Å². The van der Waals surface area contributed by atoms with E-state index >= 15 is 0 Å². The van der Waals surface area contributed by atoms with Gasteiger partial charge in [0.2, 0.25) is 17.7 Å². The molecule has 0 aromatic heterocycles. The predicted octanol–water partition coefficient (Wildman–Crippen LogP) is 3.59. The molecule has 0 amide bonds. The van der Waals surface area contributed by atoms with Gasteiger partial charge in [-0.05, 0) is 24.6 Å². The first kappa shape index (κ1) is 22.9. The summed E-state index contributed by atoms with van der Waals surface area (Å²) in [4.78, 5) is 27.6. The lowest BCUT2D eigenvalue weighted by Crippen LogP contribution is -2.14. The van der Waals surface area contributed by atoms with Crippen molar-refractivity contribution in [2.45, 2.75) is 38.9 Å². The summed E-state index contributed by atoms with van der Waals surface area (Å²) in [5.41, 5.74) is 0.0526. The van der Waals surface area contributed by atoms with Crippen molar-refractivity contribution in [3.05, 3.63) is 43.7 Å². The molecule has 2 aliphatic rings. The van der Waals surface area contributed by atoms with Crippen molar-refractivity contribution in [1.82, 2.24) is 0 Å². The van der Waals surface area contributed by atoms with Crippen molar-refractivity contribution < 1.29 is 33.9 Å². The molecule has 5 aromatic carbocycles. The number of aliphatic hydroxyl groups is 1. The molecule has 2 N–H and O–H groups in total. The Bertz CT molecular complexity index is 1940. The topological polar surface area (TPSA) is 121 Å². The number of rotatable bonds is 4. The van der Waals surface area contributed by atoms with Crippen molar-refractivity contribution in [3.63, 3.8) is 0 Å². The molecule has 2 atom stereocenters. The second-order valence-corrected chi connectivity index (χ2v) is 10.0. The fourth-order valence-corrected chi connectivity index (χ4v) is 6.36. The van der Waals surface area contributed by atoms with Gasteiger partial charge in [-0.2, -0.15) is 0 Å². The van der Waals surface area contributed by atoms with Crippen LogP contribution in [0, 0.1) is 0 Å². The van der Waals surface area contributed by atoms with Gasteiger partial charge in [0.15, 0.2) is 11.5 Å². The third-order valence-electron chi connectivity index (χ3n) is 7.73. The first-order valence-electron chi connectivity index (χ1n) is 12.4. The molecule has 2 unspecified atom stereocenters. The number of methoxy groups -OCH3 is 2. The predicted molar refractivity (Wildman–Crippen MR) is 141 cm³/mol. The Morgan fingerprint density at radius 1 is 0.895 bits per heavy atom. The number of aliphatic hydroxyl groups excluding tert-OH is 1. The van der Waals surface area contributed by atoms with E-state index in [0.717, 1.165) is 0 Å². The molecular weight excluding hydrogens is 492 g/mol. The molecule has 0 aliphatic carbocycles. The molecular formula is C29H24O9. The monoisotopic (exact) mass is 516 g/mol. The van der Waals surface area contributed by atoms with Gasteiger partial charge >= 0.3 is 0 Å². The van der Waals surface area contributed by atoms with E-state index in [2.05, 4.69) is 0 Å². The number of phenolic OH excluding ortho intramolecular Hbond substituents is 1. The zero-order valence-corrected chi connectivity index (χ0v) is 21.2. The van der Waals surface area contributed by atoms with E-state index in [1.165, 1.54) is 14.2 Å². The molecule has 0 bridgehead atoms. The summed E-state index contributed by atoms with van der Waals surface area (Å²) in [7, 11) is 2.93. The van der Waals surface area contributed by atoms with Crippen molar-refractivity contribution in [2.75, 3.05) is 21.0 Å². The second-order valence-electron chi connectivity index (χ2n) is 10.0. The van der Waals surface area contributed by atoms with Gasteiger partial charge in [0.25, 0.3) is 0 Å². The summed E-state index contributed by atoms with van der Waals surface area (Å²) in [6.07, 6.45) is -0.674. The Labute approximate surface area is 215 Å². The lowest BCUT2D eigenvalue weighted by Gasteiger charge is -2.22. The lowest BCUT2D eigenvalue weighted by molar-refractivity contribution is 0.125. The molecule has 194 valence electrons. The highest BCUT2D eigenvalue weighted by atomic mass is 16.7. The maximum Gasteiger partial charge on any atom is 0.232 e. The van der Waals surface area contributed by atoms with Crippen LogP contribution in [0.15, 0.2) is 21.7 Å². The number of hydrogen-bond acceptors (Lipinski definition) is 9. The van der Waals surface area contributed by atoms with E-state index in [0.29, 0.717) is 66.9 Å². The number of hydrogen-bond donors (Lipinski definition) is 2. The average molecular weight is 517 g/mol. The van der Waals surface area contributed by atoms with Crippen molar-refractivity contribution in [1.29, 1.82) is 0 Å². The zero-order valence-electron chi connectivity index (χ0n) is 21.2. The van der Waals surface area contributed by atoms with Crippen LogP contribution in [-0.2, 0) is 12.8 Å². The highest BCUT2D eigenvalue weighted by molar-refractivity contribution is 6.38. The summed E-state index contributed by atoms with van der Waals surface area (Å²) >= 11 is 0. The number of phenols is 1. The minimum atomic E-state index is -0.863. The standard InChI is InChI=1S/C29H24O9/c1-10(30)5-12-18-19-13-6-11(2)38-29(13)28(33)23-15(35-4)8-17-21(25(19)23)20-16(36-9-37-17)7-14(34-3)22(24(18)20)27(32)26(12)31/h7-8,10-11,30-31H,5-6,9H2,1-4H3.